The first-order valence-corrected chi connectivity index (χ1v) is 7.91. The zero-order valence-corrected chi connectivity index (χ0v) is 14.4. The van der Waals surface area contributed by atoms with Crippen molar-refractivity contribution in [2.24, 2.45) is 0 Å². The van der Waals surface area contributed by atoms with Gasteiger partial charge >= 0.3 is 0 Å². The number of hydrogen-bond acceptors (Lipinski definition) is 5. The Balaban J connectivity index is 2.01. The molecule has 0 aliphatic rings. The van der Waals surface area contributed by atoms with Crippen LogP contribution in [0.25, 0.3) is 5.69 Å². The van der Waals surface area contributed by atoms with E-state index in [0.717, 1.165) is 34.9 Å². The average molecular weight is 328 g/mol. The minimum Gasteiger partial charge on any atom is -0.501 e. The van der Waals surface area contributed by atoms with Gasteiger partial charge in [0.05, 0.1) is 30.4 Å². The van der Waals surface area contributed by atoms with Crippen LogP contribution in [-0.2, 0) is 11.2 Å². The van der Waals surface area contributed by atoms with Crippen molar-refractivity contribution in [2.75, 3.05) is 19.0 Å². The first-order chi connectivity index (χ1) is 11.6. The van der Waals surface area contributed by atoms with Gasteiger partial charge < -0.3 is 15.2 Å². The van der Waals surface area contributed by atoms with Crippen LogP contribution < -0.4 is 5.32 Å². The Morgan fingerprint density at radius 3 is 2.67 bits per heavy atom. The summed E-state index contributed by atoms with van der Waals surface area (Å²) in [6.07, 6.45) is 7.21. The largest absolute Gasteiger partial charge is 0.501 e. The van der Waals surface area contributed by atoms with E-state index in [1.54, 1.807) is 11.8 Å². The maximum absolute atomic E-state index is 8.86. The summed E-state index contributed by atoms with van der Waals surface area (Å²) < 4.78 is 6.84. The van der Waals surface area contributed by atoms with E-state index in [-0.39, 0.29) is 6.61 Å². The number of ether oxygens (including phenoxy) is 1. The molecule has 0 amide bonds. The van der Waals surface area contributed by atoms with Crippen LogP contribution in [0.1, 0.15) is 26.0 Å². The summed E-state index contributed by atoms with van der Waals surface area (Å²) in [7, 11) is 1.65. The fraction of sp³-hybridized carbons (Fsp3) is 0.333. The highest BCUT2D eigenvalue weighted by molar-refractivity contribution is 5.52. The van der Waals surface area contributed by atoms with Gasteiger partial charge in [-0.1, -0.05) is 5.21 Å². The highest BCUT2D eigenvalue weighted by atomic mass is 16.5. The van der Waals surface area contributed by atoms with E-state index in [4.69, 9.17) is 9.84 Å². The van der Waals surface area contributed by atoms with Crippen molar-refractivity contribution in [1.82, 2.24) is 15.0 Å². The van der Waals surface area contributed by atoms with Crippen LogP contribution >= 0.6 is 0 Å². The van der Waals surface area contributed by atoms with Gasteiger partial charge in [-0.3, -0.25) is 0 Å². The maximum atomic E-state index is 8.86. The number of aromatic nitrogens is 3. The molecule has 0 aliphatic heterocycles. The third kappa shape index (κ3) is 5.24. The SMILES string of the molecule is CO/C(C)=C/C=C(\C)Nc1ccc(-n2cc(CCCO)nn2)cc1. The van der Waals surface area contributed by atoms with Crippen molar-refractivity contribution in [3.8, 4) is 5.69 Å². The lowest BCUT2D eigenvalue weighted by Gasteiger charge is -2.07. The molecule has 2 N–H and O–H groups in total. The van der Waals surface area contributed by atoms with E-state index in [1.807, 2.05) is 56.5 Å². The molecular formula is C18H24N4O2. The normalized spacial score (nSPS) is 12.3. The minimum absolute atomic E-state index is 0.166. The van der Waals surface area contributed by atoms with Crippen molar-refractivity contribution in [2.45, 2.75) is 26.7 Å². The van der Waals surface area contributed by atoms with Gasteiger partial charge in [-0.15, -0.1) is 5.10 Å². The fourth-order valence-electron chi connectivity index (χ4n) is 2.08. The Kier molecular flexibility index (Phi) is 6.57. The lowest BCUT2D eigenvalue weighted by molar-refractivity contribution is 0.288. The number of benzene rings is 1. The van der Waals surface area contributed by atoms with Crippen LogP contribution in [0.15, 0.2) is 54.1 Å². The van der Waals surface area contributed by atoms with Crippen molar-refractivity contribution >= 4 is 5.69 Å². The quantitative estimate of drug-likeness (QED) is 0.575. The molecule has 0 aliphatic carbocycles. The maximum Gasteiger partial charge on any atom is 0.0925 e. The number of anilines is 1. The third-order valence-electron chi connectivity index (χ3n) is 3.50. The number of nitrogens with zero attached hydrogens (tertiary/aromatic N) is 3. The molecule has 24 heavy (non-hydrogen) atoms. The summed E-state index contributed by atoms with van der Waals surface area (Å²) in [6, 6.07) is 7.95. The second-order valence-electron chi connectivity index (χ2n) is 5.48. The van der Waals surface area contributed by atoms with Gasteiger partial charge in [0.15, 0.2) is 0 Å². The standard InChI is InChI=1S/C18H24N4O2/c1-14(6-7-15(2)24-3)19-16-8-10-18(11-9-16)22-13-17(20-21-22)5-4-12-23/h6-11,13,19,23H,4-5,12H2,1-3H3/b14-6+,15-7+. The van der Waals surface area contributed by atoms with Gasteiger partial charge in [0.2, 0.25) is 0 Å². The molecule has 1 heterocycles. The molecule has 128 valence electrons. The van der Waals surface area contributed by atoms with Crippen molar-refractivity contribution in [3.63, 3.8) is 0 Å². The van der Waals surface area contributed by atoms with Gasteiger partial charge in [0.25, 0.3) is 0 Å². The van der Waals surface area contributed by atoms with Gasteiger partial charge in [0, 0.05) is 18.0 Å². The topological polar surface area (TPSA) is 72.2 Å². The number of hydrogen-bond donors (Lipinski definition) is 2. The molecule has 0 spiro atoms. The van der Waals surface area contributed by atoms with E-state index in [1.165, 1.54) is 0 Å². The van der Waals surface area contributed by atoms with Crippen LogP contribution in [-0.4, -0.2) is 33.8 Å². The van der Waals surface area contributed by atoms with E-state index in [2.05, 4.69) is 15.6 Å². The summed E-state index contributed by atoms with van der Waals surface area (Å²) in [5.74, 6) is 0.856. The first kappa shape index (κ1) is 17.7. The number of aliphatic hydroxyl groups excluding tert-OH is 1. The first-order valence-electron chi connectivity index (χ1n) is 7.91. The molecule has 1 aromatic heterocycles. The van der Waals surface area contributed by atoms with Crippen molar-refractivity contribution in [1.29, 1.82) is 0 Å². The second kappa shape index (κ2) is 8.88. The third-order valence-corrected chi connectivity index (χ3v) is 3.50. The van der Waals surface area contributed by atoms with E-state index < -0.39 is 0 Å². The van der Waals surface area contributed by atoms with E-state index in [0.29, 0.717) is 6.42 Å². The molecule has 0 atom stereocenters. The Labute approximate surface area is 142 Å². The lowest BCUT2D eigenvalue weighted by Crippen LogP contribution is -1.98. The molecule has 0 fully saturated rings. The predicted octanol–water partition coefficient (Wildman–Crippen LogP) is 3.06. The smallest absolute Gasteiger partial charge is 0.0925 e. The summed E-state index contributed by atoms with van der Waals surface area (Å²) in [5.41, 5.74) is 3.84. The molecule has 1 aromatic carbocycles. The molecule has 0 saturated heterocycles. The van der Waals surface area contributed by atoms with Gasteiger partial charge in [-0.05, 0) is 63.1 Å². The second-order valence-corrected chi connectivity index (χ2v) is 5.48. The van der Waals surface area contributed by atoms with Crippen LogP contribution in [0.3, 0.4) is 0 Å². The zero-order chi connectivity index (χ0) is 17.4. The molecule has 2 rings (SSSR count). The molecule has 0 saturated carbocycles. The highest BCUT2D eigenvalue weighted by Crippen LogP contribution is 2.15. The molecule has 0 bridgehead atoms. The number of methoxy groups -OCH3 is 1. The van der Waals surface area contributed by atoms with Gasteiger partial charge in [-0.25, -0.2) is 4.68 Å². The Morgan fingerprint density at radius 1 is 1.25 bits per heavy atom. The molecular weight excluding hydrogens is 304 g/mol. The summed E-state index contributed by atoms with van der Waals surface area (Å²) in [5, 5.41) is 20.4. The number of aliphatic hydroxyl groups is 1. The number of nitrogens with one attached hydrogen (secondary N) is 1. The summed E-state index contributed by atoms with van der Waals surface area (Å²) in [6.45, 7) is 4.07. The zero-order valence-electron chi connectivity index (χ0n) is 14.4. The van der Waals surface area contributed by atoms with Crippen molar-refractivity contribution < 1.29 is 9.84 Å². The van der Waals surface area contributed by atoms with Crippen LogP contribution in [0.4, 0.5) is 5.69 Å². The molecule has 0 unspecified atom stereocenters. The van der Waals surface area contributed by atoms with E-state index in [9.17, 15) is 0 Å². The molecule has 0 radical (unpaired) electrons. The van der Waals surface area contributed by atoms with Gasteiger partial charge in [-0.2, -0.15) is 0 Å². The number of allylic oxidation sites excluding steroid dienone is 4. The summed E-state index contributed by atoms with van der Waals surface area (Å²) in [4.78, 5) is 0. The number of aryl methyl sites for hydroxylation is 1. The Morgan fingerprint density at radius 2 is 2.00 bits per heavy atom. The highest BCUT2D eigenvalue weighted by Gasteiger charge is 2.03. The van der Waals surface area contributed by atoms with Crippen molar-refractivity contribution in [3.05, 3.63) is 59.8 Å². The molecule has 6 heteroatoms. The molecule has 6 nitrogen and oxygen atoms in total. The number of rotatable bonds is 8. The average Bonchev–Trinajstić information content (AvgIpc) is 3.07. The monoisotopic (exact) mass is 328 g/mol. The minimum atomic E-state index is 0.166. The van der Waals surface area contributed by atoms with Crippen LogP contribution in [0, 0.1) is 0 Å². The Hall–Kier alpha value is -2.60. The van der Waals surface area contributed by atoms with E-state index >= 15 is 0 Å². The predicted molar refractivity (Wildman–Crippen MR) is 94.9 cm³/mol. The molecule has 2 aromatic rings. The summed E-state index contributed by atoms with van der Waals surface area (Å²) >= 11 is 0. The van der Waals surface area contributed by atoms with Crippen LogP contribution in [0.2, 0.25) is 0 Å². The van der Waals surface area contributed by atoms with Crippen LogP contribution in [0.5, 0.6) is 0 Å². The Bertz CT molecular complexity index is 702. The fourth-order valence-corrected chi connectivity index (χ4v) is 2.08. The van der Waals surface area contributed by atoms with Gasteiger partial charge in [0.1, 0.15) is 0 Å². The lowest BCUT2D eigenvalue weighted by atomic mass is 10.2.